The summed E-state index contributed by atoms with van der Waals surface area (Å²) in [4.78, 5) is -1.40. The summed E-state index contributed by atoms with van der Waals surface area (Å²) in [5.74, 6) is 0. The normalized spacial score (nSPS) is 12.1. The Morgan fingerprint density at radius 2 is 1.65 bits per heavy atom. The summed E-state index contributed by atoms with van der Waals surface area (Å²) in [6.45, 7) is 0. The van der Waals surface area contributed by atoms with Crippen molar-refractivity contribution in [2.45, 2.75) is 9.79 Å². The van der Waals surface area contributed by atoms with Crippen LogP contribution in [0.15, 0.2) is 40.1 Å². The van der Waals surface area contributed by atoms with Gasteiger partial charge in [-0.3, -0.25) is 4.55 Å². The molecule has 3 N–H and O–H groups in total. The zero-order chi connectivity index (χ0) is 14.4. The average molecular weight is 325 g/mol. The molecule has 0 spiro atoms. The Kier molecular flexibility index (Phi) is 4.87. The first-order valence-electron chi connectivity index (χ1n) is 4.86. The van der Waals surface area contributed by atoms with Gasteiger partial charge in [-0.1, -0.05) is 6.07 Å². The molecule has 0 radical (unpaired) electrons. The van der Waals surface area contributed by atoms with E-state index in [1.54, 1.807) is 0 Å². The topological polar surface area (TPSA) is 138 Å². The first-order chi connectivity index (χ1) is 8.59. The van der Waals surface area contributed by atoms with E-state index in [4.69, 9.17) is 10.3 Å². The summed E-state index contributed by atoms with van der Waals surface area (Å²) in [6, 6.07) is 5.63. The van der Waals surface area contributed by atoms with Crippen LogP contribution >= 0.6 is 0 Å². The molecular formula is C10H8NNaO6S2. The third kappa shape index (κ3) is 3.50. The van der Waals surface area contributed by atoms with E-state index in [2.05, 4.69) is 0 Å². The van der Waals surface area contributed by atoms with Crippen LogP contribution in [0.1, 0.15) is 0 Å². The second kappa shape index (κ2) is 5.60. The predicted octanol–water partition coefficient (Wildman–Crippen LogP) is -2.42. The van der Waals surface area contributed by atoms with Crippen molar-refractivity contribution in [2.75, 3.05) is 5.73 Å². The zero-order valence-corrected chi connectivity index (χ0v) is 13.9. The fraction of sp³-hybridized carbons (Fsp3) is 0. The molecule has 0 saturated carbocycles. The summed E-state index contributed by atoms with van der Waals surface area (Å²) >= 11 is 0. The van der Waals surface area contributed by atoms with E-state index in [-0.39, 0.29) is 46.0 Å². The van der Waals surface area contributed by atoms with Crippen molar-refractivity contribution < 1.29 is 55.5 Å². The quantitative estimate of drug-likeness (QED) is 0.356. The first-order valence-corrected chi connectivity index (χ1v) is 7.70. The molecule has 2 aromatic carbocycles. The van der Waals surface area contributed by atoms with Crippen LogP contribution in [0.3, 0.4) is 0 Å². The van der Waals surface area contributed by atoms with Gasteiger partial charge < -0.3 is 10.3 Å². The average Bonchev–Trinajstić information content (AvgIpc) is 2.24. The van der Waals surface area contributed by atoms with Gasteiger partial charge >= 0.3 is 29.6 Å². The predicted molar refractivity (Wildman–Crippen MR) is 66.1 cm³/mol. The molecule has 10 heteroatoms. The smallest absolute Gasteiger partial charge is 0.744 e. The molecule has 0 aromatic heterocycles. The van der Waals surface area contributed by atoms with Crippen molar-refractivity contribution in [3.8, 4) is 0 Å². The minimum Gasteiger partial charge on any atom is -0.744 e. The maximum Gasteiger partial charge on any atom is 1.00 e. The Balaban J connectivity index is 0.00000200. The molecule has 102 valence electrons. The number of benzene rings is 2. The van der Waals surface area contributed by atoms with Crippen molar-refractivity contribution >= 4 is 36.7 Å². The van der Waals surface area contributed by atoms with Crippen LogP contribution in [0, 0.1) is 0 Å². The maximum absolute atomic E-state index is 11.2. The number of fused-ring (bicyclic) bond motifs is 1. The first kappa shape index (κ1) is 17.4. The minimum absolute atomic E-state index is 0. The molecule has 7 nitrogen and oxygen atoms in total. The Labute approximate surface area is 137 Å². The molecular weight excluding hydrogens is 317 g/mol. The van der Waals surface area contributed by atoms with Gasteiger partial charge in [0.2, 0.25) is 0 Å². The fourth-order valence-corrected chi connectivity index (χ4v) is 3.03. The SMILES string of the molecule is Nc1ccc2c(S(=O)(=O)O)cc(S(=O)(=O)[O-])cc2c1.[Na+]. The number of rotatable bonds is 2. The van der Waals surface area contributed by atoms with Gasteiger partial charge in [-0.2, -0.15) is 8.42 Å². The van der Waals surface area contributed by atoms with Crippen LogP contribution in [0.5, 0.6) is 0 Å². The van der Waals surface area contributed by atoms with Gasteiger partial charge in [-0.15, -0.1) is 0 Å². The number of nitrogens with two attached hydrogens (primary N) is 1. The van der Waals surface area contributed by atoms with Crippen molar-refractivity contribution in [3.05, 3.63) is 30.3 Å². The number of hydrogen-bond donors (Lipinski definition) is 2. The molecule has 0 aliphatic rings. The molecule has 0 heterocycles. The van der Waals surface area contributed by atoms with Gasteiger partial charge in [0, 0.05) is 11.1 Å². The number of anilines is 1. The van der Waals surface area contributed by atoms with Crippen LogP contribution < -0.4 is 35.3 Å². The van der Waals surface area contributed by atoms with E-state index >= 15 is 0 Å². The zero-order valence-electron chi connectivity index (χ0n) is 10.3. The van der Waals surface area contributed by atoms with E-state index in [0.717, 1.165) is 6.07 Å². The summed E-state index contributed by atoms with van der Waals surface area (Å²) in [5.41, 5.74) is 5.76. The van der Waals surface area contributed by atoms with E-state index in [1.807, 2.05) is 0 Å². The van der Waals surface area contributed by atoms with Gasteiger partial charge in [0.15, 0.2) is 0 Å². The van der Waals surface area contributed by atoms with Gasteiger partial charge in [0.05, 0.1) is 4.90 Å². The van der Waals surface area contributed by atoms with Crippen molar-refractivity contribution in [2.24, 2.45) is 0 Å². The molecule has 2 rings (SSSR count). The van der Waals surface area contributed by atoms with E-state index in [0.29, 0.717) is 6.07 Å². The van der Waals surface area contributed by atoms with Gasteiger partial charge in [0.1, 0.15) is 15.0 Å². The molecule has 0 unspecified atom stereocenters. The van der Waals surface area contributed by atoms with Crippen molar-refractivity contribution in [1.82, 2.24) is 0 Å². The van der Waals surface area contributed by atoms with Crippen LogP contribution in [-0.2, 0) is 20.2 Å². The monoisotopic (exact) mass is 325 g/mol. The second-order valence-corrected chi connectivity index (χ2v) is 6.60. The van der Waals surface area contributed by atoms with Crippen LogP contribution in [-0.4, -0.2) is 25.9 Å². The number of nitrogen functional groups attached to an aromatic ring is 1. The van der Waals surface area contributed by atoms with Gasteiger partial charge in [-0.25, -0.2) is 8.42 Å². The fourth-order valence-electron chi connectivity index (χ4n) is 1.68. The second-order valence-electron chi connectivity index (χ2n) is 3.83. The largest absolute Gasteiger partial charge is 1.00 e. The molecule has 0 bridgehead atoms. The molecule has 2 aromatic rings. The summed E-state index contributed by atoms with van der Waals surface area (Å²) in [6.07, 6.45) is 0. The van der Waals surface area contributed by atoms with Crippen LogP contribution in [0.4, 0.5) is 5.69 Å². The molecule has 0 aliphatic carbocycles. The standard InChI is InChI=1S/C10H9NO6S2.Na/c11-7-1-2-9-6(3-7)4-8(18(12,13)14)5-10(9)19(15,16)17;/h1-5H,11H2,(H,12,13,14)(H,15,16,17);/q;+1/p-1. The summed E-state index contributed by atoms with van der Waals surface area (Å²) in [5, 5.41) is 0.202. The Bertz CT molecular complexity index is 876. The molecule has 0 aliphatic heterocycles. The molecule has 0 fully saturated rings. The molecule has 0 atom stereocenters. The maximum atomic E-state index is 11.2. The Morgan fingerprint density at radius 3 is 2.15 bits per heavy atom. The third-order valence-corrected chi connectivity index (χ3v) is 4.19. The Hall–Kier alpha value is -0.680. The molecule has 20 heavy (non-hydrogen) atoms. The molecule has 0 saturated heterocycles. The van der Waals surface area contributed by atoms with E-state index in [1.165, 1.54) is 18.2 Å². The third-order valence-electron chi connectivity index (χ3n) is 2.48. The Morgan fingerprint density at radius 1 is 1.05 bits per heavy atom. The summed E-state index contributed by atoms with van der Waals surface area (Å²) in [7, 11) is -9.53. The molecule has 0 amide bonds. The minimum atomic E-state index is -4.86. The van der Waals surface area contributed by atoms with Gasteiger partial charge in [-0.05, 0) is 29.7 Å². The van der Waals surface area contributed by atoms with Crippen LogP contribution in [0.2, 0.25) is 0 Å². The van der Waals surface area contributed by atoms with Crippen molar-refractivity contribution in [1.29, 1.82) is 0 Å². The van der Waals surface area contributed by atoms with E-state index in [9.17, 15) is 21.4 Å². The van der Waals surface area contributed by atoms with Gasteiger partial charge in [0.25, 0.3) is 10.1 Å². The van der Waals surface area contributed by atoms with Crippen molar-refractivity contribution in [3.63, 3.8) is 0 Å². The number of hydrogen-bond acceptors (Lipinski definition) is 6. The van der Waals surface area contributed by atoms with Crippen LogP contribution in [0.25, 0.3) is 10.8 Å². The van der Waals surface area contributed by atoms with E-state index < -0.39 is 30.0 Å². The summed E-state index contributed by atoms with van der Waals surface area (Å²) < 4.78 is 64.5.